The third kappa shape index (κ3) is 4.34. The maximum Gasteiger partial charge on any atom is 0.248 e. The molecule has 0 radical (unpaired) electrons. The van der Waals surface area contributed by atoms with Crippen LogP contribution in [0.5, 0.6) is 11.6 Å². The van der Waals surface area contributed by atoms with E-state index >= 15 is 0 Å². The highest BCUT2D eigenvalue weighted by atomic mass is 79.9. The second kappa shape index (κ2) is 7.64. The lowest BCUT2D eigenvalue weighted by Gasteiger charge is -2.18. The van der Waals surface area contributed by atoms with E-state index in [0.717, 1.165) is 17.3 Å². The quantitative estimate of drug-likeness (QED) is 0.753. The van der Waals surface area contributed by atoms with Gasteiger partial charge >= 0.3 is 0 Å². The minimum absolute atomic E-state index is 0.387. The van der Waals surface area contributed by atoms with Gasteiger partial charge in [-0.3, -0.25) is 0 Å². The predicted molar refractivity (Wildman–Crippen MR) is 95.8 cm³/mol. The van der Waals surface area contributed by atoms with Gasteiger partial charge in [-0.15, -0.1) is 0 Å². The third-order valence-electron chi connectivity index (χ3n) is 4.07. The summed E-state index contributed by atoms with van der Waals surface area (Å²) in [5.74, 6) is 1.75. The van der Waals surface area contributed by atoms with E-state index in [1.807, 2.05) is 24.3 Å². The lowest BCUT2D eigenvalue weighted by molar-refractivity contribution is 0.464. The fourth-order valence-corrected chi connectivity index (χ4v) is 3.07. The van der Waals surface area contributed by atoms with E-state index < -0.39 is 0 Å². The van der Waals surface area contributed by atoms with E-state index in [1.54, 1.807) is 0 Å². The van der Waals surface area contributed by atoms with E-state index in [1.165, 1.54) is 32.0 Å². The Bertz CT molecular complexity index is 640. The molecule has 2 aromatic rings. The molecule has 1 saturated carbocycles. The number of nitrogens with zero attached hydrogens (tertiary/aromatic N) is 2. The number of nitrogen functional groups attached to an aromatic ring is 1. The molecule has 1 aromatic carbocycles. The van der Waals surface area contributed by atoms with Crippen molar-refractivity contribution in [1.82, 2.24) is 9.97 Å². The number of aromatic nitrogens is 2. The summed E-state index contributed by atoms with van der Waals surface area (Å²) >= 11 is 3.40. The molecule has 0 aliphatic heterocycles. The Labute approximate surface area is 144 Å². The van der Waals surface area contributed by atoms with Gasteiger partial charge in [-0.25, -0.2) is 4.98 Å². The Morgan fingerprint density at radius 2 is 1.74 bits per heavy atom. The standard InChI is InChI=1S/C17H21BrN4O/c18-12-7-9-14(10-8-12)23-17-15(19)16(20-11-21-17)22-13-5-3-1-2-4-6-13/h7-11,13H,1-6,19H2,(H,20,21,22). The largest absolute Gasteiger partial charge is 0.437 e. The molecule has 1 fully saturated rings. The number of hydrogen-bond donors (Lipinski definition) is 2. The number of benzene rings is 1. The third-order valence-corrected chi connectivity index (χ3v) is 4.60. The van der Waals surface area contributed by atoms with Crippen LogP contribution in [0.4, 0.5) is 11.5 Å². The molecule has 0 saturated heterocycles. The van der Waals surface area contributed by atoms with Gasteiger partial charge in [-0.2, -0.15) is 4.98 Å². The van der Waals surface area contributed by atoms with Gasteiger partial charge in [0.05, 0.1) is 0 Å². The highest BCUT2D eigenvalue weighted by Crippen LogP contribution is 2.31. The monoisotopic (exact) mass is 376 g/mol. The smallest absolute Gasteiger partial charge is 0.248 e. The zero-order valence-corrected chi connectivity index (χ0v) is 14.6. The van der Waals surface area contributed by atoms with Crippen LogP contribution >= 0.6 is 15.9 Å². The molecule has 0 bridgehead atoms. The van der Waals surface area contributed by atoms with Crippen molar-refractivity contribution in [3.05, 3.63) is 35.1 Å². The van der Waals surface area contributed by atoms with Gasteiger partial charge in [-0.05, 0) is 37.1 Å². The molecule has 0 amide bonds. The van der Waals surface area contributed by atoms with E-state index in [2.05, 4.69) is 31.2 Å². The fraction of sp³-hybridized carbons (Fsp3) is 0.412. The molecule has 0 spiro atoms. The van der Waals surface area contributed by atoms with Crippen molar-refractivity contribution in [3.63, 3.8) is 0 Å². The molecule has 0 unspecified atom stereocenters. The van der Waals surface area contributed by atoms with Crippen LogP contribution in [-0.2, 0) is 0 Å². The van der Waals surface area contributed by atoms with Crippen molar-refractivity contribution in [3.8, 4) is 11.6 Å². The summed E-state index contributed by atoms with van der Waals surface area (Å²) < 4.78 is 6.78. The number of ether oxygens (including phenoxy) is 1. The van der Waals surface area contributed by atoms with Crippen molar-refractivity contribution in [1.29, 1.82) is 0 Å². The van der Waals surface area contributed by atoms with Gasteiger partial charge in [-0.1, -0.05) is 41.6 Å². The number of halogens is 1. The molecule has 3 N–H and O–H groups in total. The topological polar surface area (TPSA) is 73.1 Å². The minimum atomic E-state index is 0.387. The Morgan fingerprint density at radius 3 is 2.43 bits per heavy atom. The first-order valence-electron chi connectivity index (χ1n) is 8.03. The van der Waals surface area contributed by atoms with Gasteiger partial charge in [0.1, 0.15) is 17.8 Å². The van der Waals surface area contributed by atoms with E-state index in [9.17, 15) is 0 Å². The zero-order chi connectivity index (χ0) is 16.1. The molecule has 6 heteroatoms. The van der Waals surface area contributed by atoms with Gasteiger partial charge in [0, 0.05) is 10.5 Å². The molecular weight excluding hydrogens is 356 g/mol. The van der Waals surface area contributed by atoms with Gasteiger partial charge in [0.2, 0.25) is 5.88 Å². The summed E-state index contributed by atoms with van der Waals surface area (Å²) in [6.45, 7) is 0. The van der Waals surface area contributed by atoms with Crippen LogP contribution in [0, 0.1) is 0 Å². The molecule has 122 valence electrons. The Balaban J connectivity index is 1.73. The molecule has 1 heterocycles. The van der Waals surface area contributed by atoms with Gasteiger partial charge in [0.15, 0.2) is 5.82 Å². The normalized spacial score (nSPS) is 15.9. The molecule has 1 aliphatic carbocycles. The SMILES string of the molecule is Nc1c(NC2CCCCCC2)ncnc1Oc1ccc(Br)cc1. The summed E-state index contributed by atoms with van der Waals surface area (Å²) in [4.78, 5) is 8.44. The number of anilines is 2. The first-order chi connectivity index (χ1) is 11.2. The minimum Gasteiger partial charge on any atom is -0.437 e. The molecule has 23 heavy (non-hydrogen) atoms. The number of nitrogens with two attached hydrogens (primary N) is 1. The summed E-state index contributed by atoms with van der Waals surface area (Å²) in [5.41, 5.74) is 6.65. The van der Waals surface area contributed by atoms with Crippen LogP contribution in [0.25, 0.3) is 0 Å². The van der Waals surface area contributed by atoms with Crippen LogP contribution in [-0.4, -0.2) is 16.0 Å². The molecule has 3 rings (SSSR count). The summed E-state index contributed by atoms with van der Waals surface area (Å²) in [7, 11) is 0. The number of rotatable bonds is 4. The predicted octanol–water partition coefficient (Wildman–Crippen LogP) is 4.75. The first kappa shape index (κ1) is 16.1. The van der Waals surface area contributed by atoms with Crippen molar-refractivity contribution in [2.75, 3.05) is 11.1 Å². The van der Waals surface area contributed by atoms with E-state index in [4.69, 9.17) is 10.5 Å². The second-order valence-electron chi connectivity index (χ2n) is 5.83. The lowest BCUT2D eigenvalue weighted by Crippen LogP contribution is -2.20. The zero-order valence-electron chi connectivity index (χ0n) is 13.0. The summed E-state index contributed by atoms with van der Waals surface area (Å²) in [5, 5.41) is 3.46. The van der Waals surface area contributed by atoms with Crippen LogP contribution in [0.15, 0.2) is 35.1 Å². The number of nitrogens with one attached hydrogen (secondary N) is 1. The Morgan fingerprint density at radius 1 is 1.04 bits per heavy atom. The van der Waals surface area contributed by atoms with Crippen molar-refractivity contribution >= 4 is 27.4 Å². The van der Waals surface area contributed by atoms with Gasteiger partial charge < -0.3 is 15.8 Å². The first-order valence-corrected chi connectivity index (χ1v) is 8.82. The van der Waals surface area contributed by atoms with E-state index in [0.29, 0.717) is 29.2 Å². The van der Waals surface area contributed by atoms with Crippen molar-refractivity contribution < 1.29 is 4.74 Å². The lowest BCUT2D eigenvalue weighted by atomic mass is 10.1. The van der Waals surface area contributed by atoms with Crippen molar-refractivity contribution in [2.45, 2.75) is 44.6 Å². The van der Waals surface area contributed by atoms with Gasteiger partial charge in [0.25, 0.3) is 0 Å². The molecule has 0 atom stereocenters. The summed E-state index contributed by atoms with van der Waals surface area (Å²) in [6, 6.07) is 7.98. The molecule has 1 aliphatic rings. The Kier molecular flexibility index (Phi) is 5.33. The molecular formula is C17H21BrN4O. The highest BCUT2D eigenvalue weighted by molar-refractivity contribution is 9.10. The fourth-order valence-electron chi connectivity index (χ4n) is 2.81. The molecule has 1 aromatic heterocycles. The number of hydrogen-bond acceptors (Lipinski definition) is 5. The van der Waals surface area contributed by atoms with Crippen LogP contribution in [0.3, 0.4) is 0 Å². The van der Waals surface area contributed by atoms with Crippen LogP contribution in [0.1, 0.15) is 38.5 Å². The molecule has 5 nitrogen and oxygen atoms in total. The summed E-state index contributed by atoms with van der Waals surface area (Å²) in [6.07, 6.45) is 8.95. The second-order valence-corrected chi connectivity index (χ2v) is 6.75. The van der Waals surface area contributed by atoms with E-state index in [-0.39, 0.29) is 0 Å². The van der Waals surface area contributed by atoms with Crippen LogP contribution in [0.2, 0.25) is 0 Å². The maximum atomic E-state index is 6.20. The van der Waals surface area contributed by atoms with Crippen molar-refractivity contribution in [2.24, 2.45) is 0 Å². The average Bonchev–Trinajstić information content (AvgIpc) is 2.82. The maximum absolute atomic E-state index is 6.20. The average molecular weight is 377 g/mol. The highest BCUT2D eigenvalue weighted by Gasteiger charge is 2.16. The Hall–Kier alpha value is -1.82. The van der Waals surface area contributed by atoms with Crippen LogP contribution < -0.4 is 15.8 Å².